The third-order valence-corrected chi connectivity index (χ3v) is 3.90. The second kappa shape index (κ2) is 9.75. The Morgan fingerprint density at radius 2 is 1.60 bits per heavy atom. The molecule has 116 valence electrons. The Morgan fingerprint density at radius 3 is 2.15 bits per heavy atom. The Bertz CT molecular complexity index is 295. The van der Waals surface area contributed by atoms with Gasteiger partial charge in [0.25, 0.3) is 0 Å². The number of hydrogen-bond donors (Lipinski definition) is 2. The number of amides is 2. The maximum absolute atomic E-state index is 11.8. The highest BCUT2D eigenvalue weighted by Crippen LogP contribution is 2.16. The lowest BCUT2D eigenvalue weighted by molar-refractivity contribution is -0.129. The van der Waals surface area contributed by atoms with Crippen LogP contribution in [0.5, 0.6) is 0 Å². The van der Waals surface area contributed by atoms with E-state index in [2.05, 4.69) is 10.6 Å². The van der Waals surface area contributed by atoms with Gasteiger partial charge in [0.05, 0.1) is 13.1 Å². The van der Waals surface area contributed by atoms with Crippen LogP contribution in [0.2, 0.25) is 0 Å². The first-order valence-electron chi connectivity index (χ1n) is 7.95. The average Bonchev–Trinajstić information content (AvgIpc) is 2.68. The van der Waals surface area contributed by atoms with Gasteiger partial charge in [0.1, 0.15) is 0 Å². The molecule has 1 rings (SSSR count). The lowest BCUT2D eigenvalue weighted by Gasteiger charge is -2.19. The van der Waals surface area contributed by atoms with E-state index in [1.807, 2.05) is 13.8 Å². The van der Waals surface area contributed by atoms with Crippen LogP contribution in [-0.4, -0.2) is 48.9 Å². The molecule has 1 aliphatic carbocycles. The van der Waals surface area contributed by atoms with Crippen LogP contribution in [0.25, 0.3) is 0 Å². The molecule has 0 atom stereocenters. The van der Waals surface area contributed by atoms with Gasteiger partial charge < -0.3 is 10.2 Å². The smallest absolute Gasteiger partial charge is 0.236 e. The zero-order valence-corrected chi connectivity index (χ0v) is 12.9. The number of nitrogens with one attached hydrogen (secondary N) is 2. The SMILES string of the molecule is CCN(CC)C(=O)CNCC(=O)NC1CCCCCC1. The van der Waals surface area contributed by atoms with Crippen LogP contribution in [0.4, 0.5) is 0 Å². The fraction of sp³-hybridized carbons (Fsp3) is 0.867. The van der Waals surface area contributed by atoms with Gasteiger partial charge in [-0.05, 0) is 26.7 Å². The number of rotatable bonds is 7. The largest absolute Gasteiger partial charge is 0.352 e. The lowest BCUT2D eigenvalue weighted by atomic mass is 10.1. The van der Waals surface area contributed by atoms with Gasteiger partial charge >= 0.3 is 0 Å². The third-order valence-electron chi connectivity index (χ3n) is 3.90. The van der Waals surface area contributed by atoms with Crippen molar-refractivity contribution in [2.24, 2.45) is 0 Å². The predicted octanol–water partition coefficient (Wildman–Crippen LogP) is 1.28. The Morgan fingerprint density at radius 1 is 1.00 bits per heavy atom. The molecule has 1 aliphatic rings. The van der Waals surface area contributed by atoms with Gasteiger partial charge in [0, 0.05) is 19.1 Å². The van der Waals surface area contributed by atoms with Gasteiger partial charge in [-0.2, -0.15) is 0 Å². The van der Waals surface area contributed by atoms with Crippen molar-refractivity contribution in [2.45, 2.75) is 58.4 Å². The van der Waals surface area contributed by atoms with Crippen molar-refractivity contribution in [3.05, 3.63) is 0 Å². The Balaban J connectivity index is 2.17. The zero-order chi connectivity index (χ0) is 14.8. The zero-order valence-electron chi connectivity index (χ0n) is 12.9. The van der Waals surface area contributed by atoms with E-state index in [4.69, 9.17) is 0 Å². The molecule has 20 heavy (non-hydrogen) atoms. The maximum atomic E-state index is 11.8. The van der Waals surface area contributed by atoms with Crippen molar-refractivity contribution >= 4 is 11.8 Å². The van der Waals surface area contributed by atoms with Crippen LogP contribution in [0.15, 0.2) is 0 Å². The predicted molar refractivity (Wildman–Crippen MR) is 80.4 cm³/mol. The summed E-state index contributed by atoms with van der Waals surface area (Å²) in [4.78, 5) is 25.3. The van der Waals surface area contributed by atoms with E-state index in [9.17, 15) is 9.59 Å². The van der Waals surface area contributed by atoms with Crippen molar-refractivity contribution in [1.29, 1.82) is 0 Å². The molecule has 0 aromatic rings. The van der Waals surface area contributed by atoms with Crippen molar-refractivity contribution in [3.63, 3.8) is 0 Å². The maximum Gasteiger partial charge on any atom is 0.236 e. The Labute approximate surface area is 122 Å². The van der Waals surface area contributed by atoms with Crippen molar-refractivity contribution < 1.29 is 9.59 Å². The first kappa shape index (κ1) is 17.0. The van der Waals surface area contributed by atoms with E-state index in [0.717, 1.165) is 12.8 Å². The highest BCUT2D eigenvalue weighted by molar-refractivity contribution is 5.81. The molecule has 0 unspecified atom stereocenters. The molecule has 0 aromatic heterocycles. The first-order valence-corrected chi connectivity index (χ1v) is 7.95. The van der Waals surface area contributed by atoms with Crippen LogP contribution in [0.1, 0.15) is 52.4 Å². The van der Waals surface area contributed by atoms with Gasteiger partial charge in [-0.15, -0.1) is 0 Å². The molecule has 5 nitrogen and oxygen atoms in total. The van der Waals surface area contributed by atoms with E-state index in [-0.39, 0.29) is 24.9 Å². The fourth-order valence-corrected chi connectivity index (χ4v) is 2.67. The molecule has 0 aliphatic heterocycles. The highest BCUT2D eigenvalue weighted by Gasteiger charge is 2.15. The van der Waals surface area contributed by atoms with Gasteiger partial charge in [0.2, 0.25) is 11.8 Å². The van der Waals surface area contributed by atoms with Crippen molar-refractivity contribution in [1.82, 2.24) is 15.5 Å². The topological polar surface area (TPSA) is 61.4 Å². The molecule has 0 radical (unpaired) electrons. The number of hydrogen-bond acceptors (Lipinski definition) is 3. The molecule has 0 saturated heterocycles. The minimum Gasteiger partial charge on any atom is -0.352 e. The summed E-state index contributed by atoms with van der Waals surface area (Å²) in [7, 11) is 0. The molecule has 1 fully saturated rings. The minimum absolute atomic E-state index is 0.00393. The number of likely N-dealkylation sites (N-methyl/N-ethyl adjacent to an activating group) is 1. The summed E-state index contributed by atoms with van der Waals surface area (Å²) in [6, 6.07) is 0.324. The first-order chi connectivity index (χ1) is 9.67. The van der Waals surface area contributed by atoms with E-state index in [1.165, 1.54) is 25.7 Å². The molecule has 0 heterocycles. The molecule has 2 amide bonds. The van der Waals surface area contributed by atoms with Crippen LogP contribution < -0.4 is 10.6 Å². The van der Waals surface area contributed by atoms with E-state index in [0.29, 0.717) is 19.1 Å². The summed E-state index contributed by atoms with van der Waals surface area (Å²) < 4.78 is 0. The van der Waals surface area contributed by atoms with E-state index in [1.54, 1.807) is 4.90 Å². The summed E-state index contributed by atoms with van der Waals surface area (Å²) in [6.45, 7) is 5.81. The standard InChI is InChI=1S/C15H29N3O2/c1-3-18(4-2)15(20)12-16-11-14(19)17-13-9-7-5-6-8-10-13/h13,16H,3-12H2,1-2H3,(H,17,19). The fourth-order valence-electron chi connectivity index (χ4n) is 2.67. The van der Waals surface area contributed by atoms with Crippen LogP contribution >= 0.6 is 0 Å². The van der Waals surface area contributed by atoms with Crippen LogP contribution in [0, 0.1) is 0 Å². The molecule has 5 heteroatoms. The molecule has 2 N–H and O–H groups in total. The van der Waals surface area contributed by atoms with Crippen LogP contribution in [0.3, 0.4) is 0 Å². The number of carbonyl (C=O) groups excluding carboxylic acids is 2. The highest BCUT2D eigenvalue weighted by atomic mass is 16.2. The third kappa shape index (κ3) is 6.37. The monoisotopic (exact) mass is 283 g/mol. The van der Waals surface area contributed by atoms with E-state index < -0.39 is 0 Å². The van der Waals surface area contributed by atoms with Gasteiger partial charge in [-0.25, -0.2) is 0 Å². The van der Waals surface area contributed by atoms with Crippen molar-refractivity contribution in [2.75, 3.05) is 26.2 Å². The quantitative estimate of drug-likeness (QED) is 0.692. The molecule has 0 aromatic carbocycles. The number of carbonyl (C=O) groups is 2. The normalized spacial score (nSPS) is 16.5. The summed E-state index contributed by atoms with van der Waals surface area (Å²) in [5.41, 5.74) is 0. The lowest BCUT2D eigenvalue weighted by Crippen LogP contribution is -2.44. The van der Waals surface area contributed by atoms with Crippen LogP contribution in [-0.2, 0) is 9.59 Å². The second-order valence-electron chi connectivity index (χ2n) is 5.43. The molecule has 0 bridgehead atoms. The Hall–Kier alpha value is -1.10. The molecule has 0 spiro atoms. The Kier molecular flexibility index (Phi) is 8.26. The second-order valence-corrected chi connectivity index (χ2v) is 5.43. The summed E-state index contributed by atoms with van der Waals surface area (Å²) in [5.74, 6) is 0.0570. The van der Waals surface area contributed by atoms with E-state index >= 15 is 0 Å². The summed E-state index contributed by atoms with van der Waals surface area (Å²) >= 11 is 0. The molecular weight excluding hydrogens is 254 g/mol. The van der Waals surface area contributed by atoms with Gasteiger partial charge in [-0.3, -0.25) is 14.9 Å². The summed E-state index contributed by atoms with van der Waals surface area (Å²) in [6.07, 6.45) is 7.15. The average molecular weight is 283 g/mol. The number of nitrogens with zero attached hydrogens (tertiary/aromatic N) is 1. The van der Waals surface area contributed by atoms with Gasteiger partial charge in [-0.1, -0.05) is 25.7 Å². The minimum atomic E-state index is 0.00393. The van der Waals surface area contributed by atoms with Crippen molar-refractivity contribution in [3.8, 4) is 0 Å². The molecule has 1 saturated carbocycles. The summed E-state index contributed by atoms with van der Waals surface area (Å²) in [5, 5.41) is 6.00. The van der Waals surface area contributed by atoms with Gasteiger partial charge in [0.15, 0.2) is 0 Å². The molecular formula is C15H29N3O2.